The van der Waals surface area contributed by atoms with Gasteiger partial charge in [-0.3, -0.25) is 4.79 Å². The molecule has 2 aromatic rings. The minimum atomic E-state index is -3.42. The number of carbonyl (C=O) groups is 1. The van der Waals surface area contributed by atoms with Gasteiger partial charge in [-0.25, -0.2) is 13.4 Å². The maximum absolute atomic E-state index is 12.5. The van der Waals surface area contributed by atoms with Crippen LogP contribution in [0.4, 0.5) is 5.82 Å². The van der Waals surface area contributed by atoms with Crippen molar-refractivity contribution in [2.45, 2.75) is 0 Å². The summed E-state index contributed by atoms with van der Waals surface area (Å²) in [6, 6.07) is 13.2. The average Bonchev–Trinajstić information content (AvgIpc) is 2.73. The van der Waals surface area contributed by atoms with E-state index in [0.29, 0.717) is 26.2 Å². The first-order chi connectivity index (χ1) is 13.9. The van der Waals surface area contributed by atoms with Crippen molar-refractivity contribution >= 4 is 43.8 Å². The lowest BCUT2D eigenvalue weighted by Crippen LogP contribution is -2.50. The first kappa shape index (κ1) is 21.5. The summed E-state index contributed by atoms with van der Waals surface area (Å²) >= 11 is 3.38. The number of benzene rings is 1. The lowest BCUT2D eigenvalue weighted by Gasteiger charge is -2.34. The first-order valence-corrected chi connectivity index (χ1v) is 11.7. The number of amides is 1. The highest BCUT2D eigenvalue weighted by Crippen LogP contribution is 2.15. The van der Waals surface area contributed by atoms with Gasteiger partial charge in [-0.2, -0.15) is 4.31 Å². The molecule has 1 aliphatic rings. The van der Waals surface area contributed by atoms with Gasteiger partial charge in [0.2, 0.25) is 15.9 Å². The number of carbonyl (C=O) groups excluding carboxylic acids is 1. The SMILES string of the molecule is O=C(C=Cc1cccc(Br)c1)NCCS(=O)(=O)N1CCN(c2ccccn2)CC1. The van der Waals surface area contributed by atoms with Gasteiger partial charge in [-0.05, 0) is 35.9 Å². The zero-order valence-corrected chi connectivity index (χ0v) is 18.3. The number of anilines is 1. The number of nitrogens with zero attached hydrogens (tertiary/aromatic N) is 3. The number of piperazine rings is 1. The van der Waals surface area contributed by atoms with Gasteiger partial charge in [-0.1, -0.05) is 34.1 Å². The molecule has 3 rings (SSSR count). The van der Waals surface area contributed by atoms with Crippen molar-refractivity contribution in [1.29, 1.82) is 0 Å². The molecule has 1 amide bonds. The molecule has 29 heavy (non-hydrogen) atoms. The maximum atomic E-state index is 12.5. The van der Waals surface area contributed by atoms with Crippen LogP contribution in [-0.2, 0) is 14.8 Å². The van der Waals surface area contributed by atoms with E-state index in [9.17, 15) is 13.2 Å². The Bertz CT molecular complexity index is 959. The molecular formula is C20H23BrN4O3S. The summed E-state index contributed by atoms with van der Waals surface area (Å²) < 4.78 is 27.5. The number of hydrogen-bond acceptors (Lipinski definition) is 5. The van der Waals surface area contributed by atoms with E-state index in [4.69, 9.17) is 0 Å². The minimum absolute atomic E-state index is 0.0739. The number of halogens is 1. The van der Waals surface area contributed by atoms with Gasteiger partial charge in [0.15, 0.2) is 0 Å². The second kappa shape index (κ2) is 10.00. The van der Waals surface area contributed by atoms with Crippen molar-refractivity contribution in [3.05, 3.63) is 64.8 Å². The smallest absolute Gasteiger partial charge is 0.244 e. The molecule has 0 aliphatic carbocycles. The Balaban J connectivity index is 1.43. The molecule has 1 fully saturated rings. The second-order valence-electron chi connectivity index (χ2n) is 6.57. The van der Waals surface area contributed by atoms with Gasteiger partial charge < -0.3 is 10.2 Å². The van der Waals surface area contributed by atoms with Gasteiger partial charge in [-0.15, -0.1) is 0 Å². The third kappa shape index (κ3) is 6.38. The molecule has 2 heterocycles. The monoisotopic (exact) mass is 478 g/mol. The van der Waals surface area contributed by atoms with E-state index in [-0.39, 0.29) is 18.2 Å². The molecule has 7 nitrogen and oxygen atoms in total. The number of aromatic nitrogens is 1. The number of pyridine rings is 1. The highest BCUT2D eigenvalue weighted by Gasteiger charge is 2.27. The molecule has 0 bridgehead atoms. The van der Waals surface area contributed by atoms with Crippen LogP contribution in [0.3, 0.4) is 0 Å². The predicted molar refractivity (Wildman–Crippen MR) is 118 cm³/mol. The molecule has 9 heteroatoms. The summed E-state index contributed by atoms with van der Waals surface area (Å²) in [7, 11) is -3.42. The fourth-order valence-corrected chi connectivity index (χ4v) is 4.76. The van der Waals surface area contributed by atoms with Crippen LogP contribution in [-0.4, -0.2) is 62.1 Å². The van der Waals surface area contributed by atoms with E-state index in [1.54, 1.807) is 12.3 Å². The molecule has 0 saturated carbocycles. The highest BCUT2D eigenvalue weighted by atomic mass is 79.9. The Morgan fingerprint density at radius 1 is 1.14 bits per heavy atom. The Kier molecular flexibility index (Phi) is 7.40. The molecular weight excluding hydrogens is 456 g/mol. The van der Waals surface area contributed by atoms with Crippen LogP contribution in [0.1, 0.15) is 5.56 Å². The topological polar surface area (TPSA) is 82.6 Å². The third-order valence-electron chi connectivity index (χ3n) is 4.54. The summed E-state index contributed by atoms with van der Waals surface area (Å²) in [6.07, 6.45) is 4.82. The molecule has 1 aliphatic heterocycles. The molecule has 1 N–H and O–H groups in total. The normalized spacial score (nSPS) is 15.6. The minimum Gasteiger partial charge on any atom is -0.354 e. The fraction of sp³-hybridized carbons (Fsp3) is 0.300. The first-order valence-electron chi connectivity index (χ1n) is 9.29. The van der Waals surface area contributed by atoms with Crippen molar-refractivity contribution in [1.82, 2.24) is 14.6 Å². The van der Waals surface area contributed by atoms with Crippen LogP contribution >= 0.6 is 15.9 Å². The summed E-state index contributed by atoms with van der Waals surface area (Å²) in [4.78, 5) is 18.3. The van der Waals surface area contributed by atoms with Crippen LogP contribution in [0.5, 0.6) is 0 Å². The Morgan fingerprint density at radius 3 is 2.62 bits per heavy atom. The van der Waals surface area contributed by atoms with Gasteiger partial charge in [0.25, 0.3) is 0 Å². The van der Waals surface area contributed by atoms with Crippen molar-refractivity contribution in [3.8, 4) is 0 Å². The van der Waals surface area contributed by atoms with Crippen LogP contribution in [0, 0.1) is 0 Å². The summed E-state index contributed by atoms with van der Waals surface area (Å²) in [5.41, 5.74) is 0.882. The number of nitrogens with one attached hydrogen (secondary N) is 1. The highest BCUT2D eigenvalue weighted by molar-refractivity contribution is 9.10. The quantitative estimate of drug-likeness (QED) is 0.616. The van der Waals surface area contributed by atoms with Crippen molar-refractivity contribution in [3.63, 3.8) is 0 Å². The molecule has 154 valence electrons. The fourth-order valence-electron chi connectivity index (χ4n) is 3.01. The number of sulfonamides is 1. The summed E-state index contributed by atoms with van der Waals surface area (Å²) in [5, 5.41) is 2.63. The van der Waals surface area contributed by atoms with E-state index in [2.05, 4.69) is 31.1 Å². The van der Waals surface area contributed by atoms with Crippen LogP contribution in [0.25, 0.3) is 6.08 Å². The molecule has 1 aromatic heterocycles. The Morgan fingerprint density at radius 2 is 1.93 bits per heavy atom. The molecule has 1 aromatic carbocycles. The Labute approximate surface area is 179 Å². The summed E-state index contributed by atoms with van der Waals surface area (Å²) in [6.45, 7) is 2.09. The van der Waals surface area contributed by atoms with E-state index >= 15 is 0 Å². The largest absolute Gasteiger partial charge is 0.354 e. The standard InChI is InChI=1S/C20H23BrN4O3S/c21-18-5-3-4-17(16-18)7-8-20(26)23-10-15-29(27,28)25-13-11-24(12-14-25)19-6-1-2-9-22-19/h1-9,16H,10-15H2,(H,23,26). The molecule has 1 saturated heterocycles. The molecule has 0 spiro atoms. The van der Waals surface area contributed by atoms with E-state index < -0.39 is 10.0 Å². The maximum Gasteiger partial charge on any atom is 0.244 e. The second-order valence-corrected chi connectivity index (χ2v) is 9.57. The van der Waals surface area contributed by atoms with E-state index in [1.165, 1.54) is 10.4 Å². The van der Waals surface area contributed by atoms with E-state index in [0.717, 1.165) is 15.9 Å². The Hall–Kier alpha value is -2.23. The predicted octanol–water partition coefficient (Wildman–Crippen LogP) is 2.13. The number of rotatable bonds is 7. The van der Waals surface area contributed by atoms with Crippen molar-refractivity contribution in [2.24, 2.45) is 0 Å². The zero-order valence-electron chi connectivity index (χ0n) is 15.9. The van der Waals surface area contributed by atoms with Gasteiger partial charge in [0.05, 0.1) is 5.75 Å². The van der Waals surface area contributed by atoms with Crippen LogP contribution in [0.15, 0.2) is 59.2 Å². The van der Waals surface area contributed by atoms with E-state index in [1.807, 2.05) is 42.5 Å². The van der Waals surface area contributed by atoms with Gasteiger partial charge in [0, 0.05) is 49.5 Å². The van der Waals surface area contributed by atoms with Gasteiger partial charge in [0.1, 0.15) is 5.82 Å². The average molecular weight is 479 g/mol. The lowest BCUT2D eigenvalue weighted by molar-refractivity contribution is -0.116. The van der Waals surface area contributed by atoms with Crippen LogP contribution in [0.2, 0.25) is 0 Å². The van der Waals surface area contributed by atoms with Crippen LogP contribution < -0.4 is 10.2 Å². The summed E-state index contributed by atoms with van der Waals surface area (Å²) in [5.74, 6) is 0.418. The molecule has 0 radical (unpaired) electrons. The lowest BCUT2D eigenvalue weighted by atomic mass is 10.2. The van der Waals surface area contributed by atoms with Crippen molar-refractivity contribution in [2.75, 3.05) is 43.4 Å². The molecule has 0 atom stereocenters. The van der Waals surface area contributed by atoms with Gasteiger partial charge >= 0.3 is 0 Å². The zero-order chi connectivity index (χ0) is 20.7. The van der Waals surface area contributed by atoms with Crippen molar-refractivity contribution < 1.29 is 13.2 Å². The molecule has 0 unspecified atom stereocenters. The third-order valence-corrected chi connectivity index (χ3v) is 6.91. The number of hydrogen-bond donors (Lipinski definition) is 1.